The molecule has 1 heterocycles. The van der Waals surface area contributed by atoms with Gasteiger partial charge >= 0.3 is 0 Å². The van der Waals surface area contributed by atoms with Crippen LogP contribution in [-0.4, -0.2) is 24.6 Å². The second-order valence-corrected chi connectivity index (χ2v) is 5.62. The number of hydrogen-bond donors (Lipinski definition) is 1. The predicted octanol–water partition coefficient (Wildman–Crippen LogP) is 3.13. The molecule has 0 saturated carbocycles. The number of nitrogens with zero attached hydrogens (tertiary/aromatic N) is 1. The molecule has 0 aliphatic carbocycles. The first-order valence-electron chi connectivity index (χ1n) is 6.03. The Morgan fingerprint density at radius 1 is 1.35 bits per heavy atom. The molecule has 0 spiro atoms. The Hall–Kier alpha value is -0.900. The highest BCUT2D eigenvalue weighted by molar-refractivity contribution is 7.99. The summed E-state index contributed by atoms with van der Waals surface area (Å²) in [5, 5.41) is 0.719. The highest BCUT2D eigenvalue weighted by atomic mass is 32.2. The molecule has 1 aromatic rings. The quantitative estimate of drug-likeness (QED) is 0.822. The first-order chi connectivity index (χ1) is 8.20. The summed E-state index contributed by atoms with van der Waals surface area (Å²) in [4.78, 5) is 2.14. The minimum atomic E-state index is -0.201. The number of nitrogen functional groups attached to an aromatic ring is 1. The van der Waals surface area contributed by atoms with Crippen LogP contribution in [0.1, 0.15) is 19.3 Å². The van der Waals surface area contributed by atoms with E-state index in [1.165, 1.54) is 12.5 Å². The van der Waals surface area contributed by atoms with Gasteiger partial charge in [0.2, 0.25) is 0 Å². The fourth-order valence-electron chi connectivity index (χ4n) is 2.32. The molecule has 2 N–H and O–H groups in total. The van der Waals surface area contributed by atoms with Gasteiger partial charge in [0.25, 0.3) is 0 Å². The molecule has 1 aromatic carbocycles. The highest BCUT2D eigenvalue weighted by Crippen LogP contribution is 2.27. The maximum absolute atomic E-state index is 13.8. The summed E-state index contributed by atoms with van der Waals surface area (Å²) in [6.45, 7) is 1.88. The van der Waals surface area contributed by atoms with E-state index >= 15 is 0 Å². The van der Waals surface area contributed by atoms with E-state index < -0.39 is 0 Å². The second kappa shape index (κ2) is 5.63. The van der Waals surface area contributed by atoms with Gasteiger partial charge in [-0.1, -0.05) is 0 Å². The number of benzene rings is 1. The van der Waals surface area contributed by atoms with Gasteiger partial charge in [-0.3, -0.25) is 0 Å². The fraction of sp³-hybridized carbons (Fsp3) is 0.538. The molecular weight excluding hydrogens is 235 g/mol. The fourth-order valence-corrected chi connectivity index (χ4v) is 3.07. The lowest BCUT2D eigenvalue weighted by Gasteiger charge is -2.23. The third-order valence-corrected chi connectivity index (χ3v) is 4.46. The van der Waals surface area contributed by atoms with Gasteiger partial charge in [0.1, 0.15) is 5.82 Å². The topological polar surface area (TPSA) is 29.3 Å². The zero-order valence-electron chi connectivity index (χ0n) is 10.2. The van der Waals surface area contributed by atoms with Crippen LogP contribution >= 0.6 is 11.8 Å². The van der Waals surface area contributed by atoms with Crippen molar-refractivity contribution in [2.24, 2.45) is 0 Å². The largest absolute Gasteiger partial charge is 0.399 e. The van der Waals surface area contributed by atoms with E-state index in [0.29, 0.717) is 11.4 Å². The minimum absolute atomic E-state index is 0.201. The molecule has 4 heteroatoms. The summed E-state index contributed by atoms with van der Waals surface area (Å²) in [6, 6.07) is 4.98. The Bertz CT molecular complexity index is 384. The molecule has 1 unspecified atom stereocenters. The zero-order valence-corrected chi connectivity index (χ0v) is 11.0. The van der Waals surface area contributed by atoms with Crippen molar-refractivity contribution < 1.29 is 4.39 Å². The van der Waals surface area contributed by atoms with Gasteiger partial charge in [0, 0.05) is 24.0 Å². The maximum Gasteiger partial charge on any atom is 0.148 e. The Balaban J connectivity index is 2.11. The summed E-state index contributed by atoms with van der Waals surface area (Å²) >= 11 is 1.92. The van der Waals surface area contributed by atoms with Crippen LogP contribution in [0.25, 0.3) is 0 Å². The van der Waals surface area contributed by atoms with Gasteiger partial charge in [-0.15, -0.1) is 0 Å². The molecule has 0 bridgehead atoms. The van der Waals surface area contributed by atoms with Crippen LogP contribution in [0.5, 0.6) is 0 Å². The summed E-state index contributed by atoms with van der Waals surface area (Å²) < 4.78 is 13.8. The van der Waals surface area contributed by atoms with E-state index in [1.807, 2.05) is 11.8 Å². The number of nitrogens with two attached hydrogens (primary N) is 1. The van der Waals surface area contributed by atoms with Crippen molar-refractivity contribution in [1.29, 1.82) is 0 Å². The van der Waals surface area contributed by atoms with E-state index in [4.69, 9.17) is 5.73 Å². The Morgan fingerprint density at radius 3 is 2.88 bits per heavy atom. The van der Waals surface area contributed by atoms with Crippen molar-refractivity contribution in [3.63, 3.8) is 0 Å². The van der Waals surface area contributed by atoms with Crippen molar-refractivity contribution in [3.05, 3.63) is 24.0 Å². The van der Waals surface area contributed by atoms with Crippen LogP contribution in [0, 0.1) is 5.82 Å². The molecule has 2 rings (SSSR count). The molecule has 1 saturated heterocycles. The number of anilines is 2. The van der Waals surface area contributed by atoms with E-state index in [0.717, 1.165) is 31.2 Å². The van der Waals surface area contributed by atoms with E-state index in [9.17, 15) is 4.39 Å². The lowest BCUT2D eigenvalue weighted by atomic mass is 10.2. The first-order valence-corrected chi connectivity index (χ1v) is 7.32. The molecule has 0 radical (unpaired) electrons. The molecule has 1 aliphatic rings. The van der Waals surface area contributed by atoms with Crippen LogP contribution in [0.15, 0.2) is 18.2 Å². The molecule has 17 heavy (non-hydrogen) atoms. The summed E-state index contributed by atoms with van der Waals surface area (Å²) in [5.74, 6) is -0.201. The van der Waals surface area contributed by atoms with Gasteiger partial charge in [0.05, 0.1) is 5.69 Å². The third-order valence-electron chi connectivity index (χ3n) is 3.32. The monoisotopic (exact) mass is 254 g/mol. The summed E-state index contributed by atoms with van der Waals surface area (Å²) in [7, 11) is 0. The summed E-state index contributed by atoms with van der Waals surface area (Å²) in [6.07, 6.45) is 5.65. The van der Waals surface area contributed by atoms with Crippen molar-refractivity contribution in [2.75, 3.05) is 30.0 Å². The molecule has 94 valence electrons. The molecule has 0 amide bonds. The van der Waals surface area contributed by atoms with Crippen LogP contribution in [0.3, 0.4) is 0 Å². The van der Waals surface area contributed by atoms with Gasteiger partial charge < -0.3 is 10.6 Å². The van der Waals surface area contributed by atoms with E-state index in [2.05, 4.69) is 11.2 Å². The van der Waals surface area contributed by atoms with E-state index in [1.54, 1.807) is 12.1 Å². The molecule has 2 nitrogen and oxygen atoms in total. The SMILES string of the molecule is CSC1CCCN(c2ccc(N)cc2F)CC1. The number of halogens is 1. The Kier molecular flexibility index (Phi) is 4.15. The smallest absolute Gasteiger partial charge is 0.148 e. The molecule has 1 fully saturated rings. The van der Waals surface area contributed by atoms with Crippen molar-refractivity contribution in [1.82, 2.24) is 0 Å². The maximum atomic E-state index is 13.8. The van der Waals surface area contributed by atoms with Gasteiger partial charge in [-0.05, 0) is 43.7 Å². The standard InChI is InChI=1S/C13H19FN2S/c1-17-11-3-2-7-16(8-6-11)13-5-4-10(15)9-12(13)14/h4-5,9,11H,2-3,6-8,15H2,1H3. The molecule has 1 aliphatic heterocycles. The Labute approximate surface area is 106 Å². The van der Waals surface area contributed by atoms with Gasteiger partial charge in [-0.2, -0.15) is 11.8 Å². The lowest BCUT2D eigenvalue weighted by molar-refractivity contribution is 0.617. The molecule has 1 atom stereocenters. The second-order valence-electron chi connectivity index (χ2n) is 4.49. The molecular formula is C13H19FN2S. The average Bonchev–Trinajstić information content (AvgIpc) is 2.54. The van der Waals surface area contributed by atoms with Gasteiger partial charge in [-0.25, -0.2) is 4.39 Å². The number of hydrogen-bond acceptors (Lipinski definition) is 3. The molecule has 0 aromatic heterocycles. The van der Waals surface area contributed by atoms with Crippen molar-refractivity contribution >= 4 is 23.1 Å². The lowest BCUT2D eigenvalue weighted by Crippen LogP contribution is -2.25. The van der Waals surface area contributed by atoms with Crippen molar-refractivity contribution in [2.45, 2.75) is 24.5 Å². The van der Waals surface area contributed by atoms with Crippen LogP contribution in [-0.2, 0) is 0 Å². The first kappa shape index (κ1) is 12.6. The van der Waals surface area contributed by atoms with Crippen molar-refractivity contribution in [3.8, 4) is 0 Å². The Morgan fingerprint density at radius 2 is 2.18 bits per heavy atom. The number of rotatable bonds is 2. The van der Waals surface area contributed by atoms with Crippen LogP contribution in [0.4, 0.5) is 15.8 Å². The number of thioether (sulfide) groups is 1. The van der Waals surface area contributed by atoms with Gasteiger partial charge in [0.15, 0.2) is 0 Å². The average molecular weight is 254 g/mol. The van der Waals surface area contributed by atoms with E-state index in [-0.39, 0.29) is 5.82 Å². The normalized spacial score (nSPS) is 21.3. The highest BCUT2D eigenvalue weighted by Gasteiger charge is 2.18. The zero-order chi connectivity index (χ0) is 12.3. The minimum Gasteiger partial charge on any atom is -0.399 e. The summed E-state index contributed by atoms with van der Waals surface area (Å²) in [5.41, 5.74) is 6.75. The predicted molar refractivity (Wildman–Crippen MR) is 74.2 cm³/mol. The third kappa shape index (κ3) is 3.06. The van der Waals surface area contributed by atoms with Crippen LogP contribution in [0.2, 0.25) is 0 Å². The van der Waals surface area contributed by atoms with Crippen LogP contribution < -0.4 is 10.6 Å².